The van der Waals surface area contributed by atoms with Gasteiger partial charge in [0.25, 0.3) is 5.91 Å². The maximum absolute atomic E-state index is 13.6. The number of ether oxygens (including phenoxy) is 1. The van der Waals surface area contributed by atoms with Crippen molar-refractivity contribution < 1.29 is 19.1 Å². The first-order chi connectivity index (χ1) is 14.8. The van der Waals surface area contributed by atoms with Gasteiger partial charge in [-0.3, -0.25) is 14.5 Å². The zero-order chi connectivity index (χ0) is 24.6. The standard InChI is InChI=1S/C25H37N3O4/c1-10-28(21(22(29)26-17(4)5)19-14-12-11-13-18(19)6)23(30)20(15-16(2)3)27-24(31)32-25(7,8)9/h1,11-14,16-17,20-21H,15H2,2-9H3,(H,26,29)(H,27,31). The Morgan fingerprint density at radius 1 is 1.09 bits per heavy atom. The van der Waals surface area contributed by atoms with E-state index in [1.165, 1.54) is 0 Å². The van der Waals surface area contributed by atoms with Gasteiger partial charge in [-0.15, -0.1) is 0 Å². The van der Waals surface area contributed by atoms with E-state index in [1.807, 2.05) is 46.8 Å². The molecule has 1 aromatic carbocycles. The fourth-order valence-electron chi connectivity index (χ4n) is 3.23. The second kappa shape index (κ2) is 11.6. The lowest BCUT2D eigenvalue weighted by molar-refractivity contribution is -0.139. The molecule has 0 bridgehead atoms. The van der Waals surface area contributed by atoms with Gasteiger partial charge in [0, 0.05) is 12.1 Å². The first-order valence-corrected chi connectivity index (χ1v) is 10.9. The molecule has 3 amide bonds. The van der Waals surface area contributed by atoms with E-state index in [1.54, 1.807) is 32.9 Å². The molecule has 0 fully saturated rings. The molecule has 2 unspecified atom stereocenters. The third kappa shape index (κ3) is 8.26. The van der Waals surface area contributed by atoms with Crippen LogP contribution in [0.4, 0.5) is 4.79 Å². The van der Waals surface area contributed by atoms with E-state index in [-0.39, 0.29) is 17.9 Å². The fraction of sp³-hybridized carbons (Fsp3) is 0.560. The Balaban J connectivity index is 3.37. The van der Waals surface area contributed by atoms with Crippen molar-refractivity contribution in [3.05, 3.63) is 35.4 Å². The molecular weight excluding hydrogens is 406 g/mol. The molecule has 0 saturated heterocycles. The van der Waals surface area contributed by atoms with E-state index >= 15 is 0 Å². The minimum Gasteiger partial charge on any atom is -0.444 e. The number of carbonyl (C=O) groups excluding carboxylic acids is 3. The minimum absolute atomic E-state index is 0.0833. The number of hydrogen-bond donors (Lipinski definition) is 2. The topological polar surface area (TPSA) is 87.7 Å². The summed E-state index contributed by atoms with van der Waals surface area (Å²) in [7, 11) is 0. The van der Waals surface area contributed by atoms with Crippen molar-refractivity contribution in [3.63, 3.8) is 0 Å². The molecule has 0 heterocycles. The molecule has 0 saturated carbocycles. The lowest BCUT2D eigenvalue weighted by Gasteiger charge is -2.32. The van der Waals surface area contributed by atoms with Gasteiger partial charge < -0.3 is 15.4 Å². The Bertz CT molecular complexity index is 849. The fourth-order valence-corrected chi connectivity index (χ4v) is 3.23. The van der Waals surface area contributed by atoms with Crippen LogP contribution in [0.3, 0.4) is 0 Å². The number of hydrogen-bond acceptors (Lipinski definition) is 4. The predicted octanol–water partition coefficient (Wildman–Crippen LogP) is 3.92. The quantitative estimate of drug-likeness (QED) is 0.471. The Morgan fingerprint density at radius 2 is 1.69 bits per heavy atom. The zero-order valence-corrected chi connectivity index (χ0v) is 20.5. The van der Waals surface area contributed by atoms with Gasteiger partial charge in [0.05, 0.1) is 0 Å². The third-order valence-corrected chi connectivity index (χ3v) is 4.49. The smallest absolute Gasteiger partial charge is 0.408 e. The Hall–Kier alpha value is -3.01. The highest BCUT2D eigenvalue weighted by molar-refractivity contribution is 5.93. The average Bonchev–Trinajstić information content (AvgIpc) is 2.63. The summed E-state index contributed by atoms with van der Waals surface area (Å²) in [5, 5.41) is 5.49. The van der Waals surface area contributed by atoms with Crippen molar-refractivity contribution in [1.82, 2.24) is 15.5 Å². The first-order valence-electron chi connectivity index (χ1n) is 10.9. The summed E-state index contributed by atoms with van der Waals surface area (Å²) >= 11 is 0. The van der Waals surface area contributed by atoms with Gasteiger partial charge >= 0.3 is 6.09 Å². The number of benzene rings is 1. The van der Waals surface area contributed by atoms with E-state index < -0.39 is 29.7 Å². The molecule has 1 aromatic rings. The molecule has 0 aromatic heterocycles. The van der Waals surface area contributed by atoms with Gasteiger partial charge in [-0.05, 0) is 65.0 Å². The Kier molecular flexibility index (Phi) is 9.77. The molecule has 0 radical (unpaired) electrons. The van der Waals surface area contributed by atoms with Gasteiger partial charge in [-0.1, -0.05) is 44.5 Å². The summed E-state index contributed by atoms with van der Waals surface area (Å²) < 4.78 is 5.33. The molecule has 0 spiro atoms. The summed E-state index contributed by atoms with van der Waals surface area (Å²) in [5.41, 5.74) is 0.727. The minimum atomic E-state index is -1.04. The normalized spacial score (nSPS) is 13.2. The highest BCUT2D eigenvalue weighted by Gasteiger charge is 2.36. The van der Waals surface area contributed by atoms with Gasteiger partial charge in [-0.2, -0.15) is 0 Å². The average molecular weight is 444 g/mol. The van der Waals surface area contributed by atoms with Crippen LogP contribution < -0.4 is 10.6 Å². The molecule has 0 aliphatic carbocycles. The molecule has 2 N–H and O–H groups in total. The van der Waals surface area contributed by atoms with Crippen LogP contribution in [0, 0.1) is 25.3 Å². The van der Waals surface area contributed by atoms with Crippen molar-refractivity contribution in [2.75, 3.05) is 0 Å². The highest BCUT2D eigenvalue weighted by Crippen LogP contribution is 2.26. The van der Waals surface area contributed by atoms with Crippen molar-refractivity contribution in [2.45, 2.75) is 85.5 Å². The molecule has 7 heteroatoms. The summed E-state index contributed by atoms with van der Waals surface area (Å²) in [6.07, 6.45) is 5.38. The molecule has 0 aliphatic rings. The summed E-state index contributed by atoms with van der Waals surface area (Å²) in [4.78, 5) is 40.2. The van der Waals surface area contributed by atoms with E-state index in [4.69, 9.17) is 11.2 Å². The van der Waals surface area contributed by atoms with E-state index in [0.717, 1.165) is 10.5 Å². The number of nitrogens with zero attached hydrogens (tertiary/aromatic N) is 1. The third-order valence-electron chi connectivity index (χ3n) is 4.49. The van der Waals surface area contributed by atoms with Crippen LogP contribution in [0.15, 0.2) is 24.3 Å². The van der Waals surface area contributed by atoms with E-state index in [2.05, 4.69) is 16.7 Å². The Labute approximate surface area is 192 Å². The van der Waals surface area contributed by atoms with Crippen LogP contribution in [0.1, 0.15) is 72.1 Å². The highest BCUT2D eigenvalue weighted by atomic mass is 16.6. The number of rotatable bonds is 8. The van der Waals surface area contributed by atoms with Crippen LogP contribution in [0.25, 0.3) is 0 Å². The number of amides is 3. The molecule has 176 valence electrons. The predicted molar refractivity (Wildman–Crippen MR) is 125 cm³/mol. The molecular formula is C25H37N3O4. The van der Waals surface area contributed by atoms with Gasteiger partial charge in [-0.25, -0.2) is 4.79 Å². The molecule has 1 rings (SSSR count). The van der Waals surface area contributed by atoms with Crippen LogP contribution in [-0.4, -0.2) is 40.5 Å². The van der Waals surface area contributed by atoms with Crippen LogP contribution in [0.2, 0.25) is 0 Å². The number of carbonyl (C=O) groups is 3. The van der Waals surface area contributed by atoms with Gasteiger partial charge in [0.2, 0.25) is 5.91 Å². The SMILES string of the molecule is C#CN(C(=O)C(CC(C)C)NC(=O)OC(C)(C)C)C(C(=O)NC(C)C)c1ccccc1C. The lowest BCUT2D eigenvalue weighted by Crippen LogP contribution is -2.52. The number of nitrogens with one attached hydrogen (secondary N) is 2. The van der Waals surface area contributed by atoms with Crippen molar-refractivity contribution >= 4 is 17.9 Å². The molecule has 32 heavy (non-hydrogen) atoms. The van der Waals surface area contributed by atoms with Crippen molar-refractivity contribution in [1.29, 1.82) is 0 Å². The molecule has 2 atom stereocenters. The van der Waals surface area contributed by atoms with Crippen LogP contribution in [-0.2, 0) is 14.3 Å². The Morgan fingerprint density at radius 3 is 2.16 bits per heavy atom. The summed E-state index contributed by atoms with van der Waals surface area (Å²) in [6.45, 7) is 14.6. The van der Waals surface area contributed by atoms with Gasteiger partial charge in [0.15, 0.2) is 0 Å². The summed E-state index contributed by atoms with van der Waals surface area (Å²) in [5.74, 6) is -0.847. The van der Waals surface area contributed by atoms with Crippen molar-refractivity contribution in [2.24, 2.45) is 5.92 Å². The largest absolute Gasteiger partial charge is 0.444 e. The number of alkyl carbamates (subject to hydrolysis) is 1. The first kappa shape index (κ1) is 27.0. The number of aryl methyl sites for hydroxylation is 1. The van der Waals surface area contributed by atoms with Crippen LogP contribution >= 0.6 is 0 Å². The van der Waals surface area contributed by atoms with Crippen LogP contribution in [0.5, 0.6) is 0 Å². The van der Waals surface area contributed by atoms with E-state index in [9.17, 15) is 14.4 Å². The maximum atomic E-state index is 13.6. The second-order valence-corrected chi connectivity index (χ2v) is 9.59. The van der Waals surface area contributed by atoms with E-state index in [0.29, 0.717) is 12.0 Å². The molecule has 7 nitrogen and oxygen atoms in total. The molecule has 0 aliphatic heterocycles. The van der Waals surface area contributed by atoms with Crippen molar-refractivity contribution in [3.8, 4) is 12.5 Å². The monoisotopic (exact) mass is 443 g/mol. The lowest BCUT2D eigenvalue weighted by atomic mass is 9.97. The zero-order valence-electron chi connectivity index (χ0n) is 20.5. The second-order valence-electron chi connectivity index (χ2n) is 9.59. The summed E-state index contributed by atoms with van der Waals surface area (Å²) in [6, 6.07) is 7.54. The number of terminal acetylenes is 1. The van der Waals surface area contributed by atoms with Gasteiger partial charge in [0.1, 0.15) is 17.7 Å². The maximum Gasteiger partial charge on any atom is 0.408 e.